The molecular weight excluding hydrogens is 359 g/mol. The fourth-order valence-electron chi connectivity index (χ4n) is 2.14. The molecule has 0 saturated carbocycles. The maximum absolute atomic E-state index is 13.0. The lowest BCUT2D eigenvalue weighted by Crippen LogP contribution is -2.47. The summed E-state index contributed by atoms with van der Waals surface area (Å²) >= 11 is 0. The topological polar surface area (TPSA) is 119 Å². The maximum atomic E-state index is 13.0. The van der Waals surface area contributed by atoms with Crippen molar-refractivity contribution in [3.63, 3.8) is 0 Å². The van der Waals surface area contributed by atoms with E-state index in [9.17, 15) is 33.3 Å². The zero-order chi connectivity index (χ0) is 18.2. The van der Waals surface area contributed by atoms with Crippen LogP contribution in [0, 0.1) is 5.82 Å². The predicted molar refractivity (Wildman–Crippen MR) is 84.8 cm³/mol. The van der Waals surface area contributed by atoms with Crippen molar-refractivity contribution in [1.29, 1.82) is 0 Å². The van der Waals surface area contributed by atoms with Gasteiger partial charge in [0, 0.05) is 18.3 Å². The molecule has 130 valence electrons. The van der Waals surface area contributed by atoms with E-state index in [-0.39, 0.29) is 0 Å². The van der Waals surface area contributed by atoms with Gasteiger partial charge in [-0.1, -0.05) is 12.1 Å². The summed E-state index contributed by atoms with van der Waals surface area (Å²) in [5, 5.41) is 7.08. The van der Waals surface area contributed by atoms with Crippen molar-refractivity contribution < 1.29 is 37.9 Å². The third-order valence-electron chi connectivity index (χ3n) is 3.56. The third kappa shape index (κ3) is 3.81. The van der Waals surface area contributed by atoms with Gasteiger partial charge in [-0.2, -0.15) is 0 Å². The molecule has 7 nitrogen and oxygen atoms in total. The molecule has 24 heavy (non-hydrogen) atoms. The van der Waals surface area contributed by atoms with Gasteiger partial charge in [0.05, 0.1) is 0 Å². The summed E-state index contributed by atoms with van der Waals surface area (Å²) in [7, 11) is -9.84. The Morgan fingerprint density at radius 3 is 2.17 bits per heavy atom. The standard InChI is InChI=1S/C14H16FNO6P2/c1-23(18,19)14(17,24(20,21)22)10-16-8-2-3-12(9-16)11-4-6-13(15)7-5-11/h2-9,17H,10H2,1H3,(H2-,18,19,20,21,22)/p+1. The van der Waals surface area contributed by atoms with Gasteiger partial charge in [0.1, 0.15) is 5.82 Å². The van der Waals surface area contributed by atoms with Crippen LogP contribution in [0.25, 0.3) is 11.1 Å². The average Bonchev–Trinajstić information content (AvgIpc) is 2.46. The Morgan fingerprint density at radius 1 is 1.08 bits per heavy atom. The van der Waals surface area contributed by atoms with Crippen molar-refractivity contribution in [2.75, 3.05) is 6.66 Å². The average molecular weight is 376 g/mol. The van der Waals surface area contributed by atoms with Gasteiger partial charge in [0.15, 0.2) is 18.9 Å². The van der Waals surface area contributed by atoms with E-state index in [0.29, 0.717) is 17.8 Å². The van der Waals surface area contributed by atoms with E-state index in [4.69, 9.17) is 0 Å². The highest BCUT2D eigenvalue weighted by atomic mass is 31.2. The maximum Gasteiger partial charge on any atom is 0.373 e. The van der Waals surface area contributed by atoms with Crippen molar-refractivity contribution in [2.24, 2.45) is 0 Å². The Morgan fingerprint density at radius 2 is 1.67 bits per heavy atom. The molecular formula is C14H17FNO6P2+. The van der Waals surface area contributed by atoms with Gasteiger partial charge in [0.25, 0.3) is 0 Å². The summed E-state index contributed by atoms with van der Waals surface area (Å²) in [4.78, 5) is 28.3. The van der Waals surface area contributed by atoms with Gasteiger partial charge in [-0.25, -0.2) is 8.96 Å². The van der Waals surface area contributed by atoms with Crippen molar-refractivity contribution in [1.82, 2.24) is 0 Å². The quantitative estimate of drug-likeness (QED) is 0.464. The number of pyridine rings is 1. The molecule has 2 aromatic rings. The number of rotatable bonds is 5. The summed E-state index contributed by atoms with van der Waals surface area (Å²) in [6.07, 6.45) is 2.83. The van der Waals surface area contributed by atoms with Crippen LogP contribution in [0.1, 0.15) is 0 Å². The van der Waals surface area contributed by atoms with Gasteiger partial charge in [0.2, 0.25) is 7.37 Å². The highest BCUT2D eigenvalue weighted by Gasteiger charge is 2.60. The second-order valence-corrected chi connectivity index (χ2v) is 10.1. The molecule has 0 radical (unpaired) electrons. The first-order valence-electron chi connectivity index (χ1n) is 6.77. The van der Waals surface area contributed by atoms with Crippen LogP contribution in [-0.2, 0) is 15.7 Å². The van der Waals surface area contributed by atoms with Crippen LogP contribution in [0.5, 0.6) is 0 Å². The number of benzene rings is 1. The zero-order valence-electron chi connectivity index (χ0n) is 12.7. The molecule has 0 amide bonds. The molecule has 0 aliphatic carbocycles. The molecule has 2 atom stereocenters. The third-order valence-corrected chi connectivity index (χ3v) is 8.00. The number of hydrogen-bond acceptors (Lipinski definition) is 3. The second kappa shape index (κ2) is 6.48. The zero-order valence-corrected chi connectivity index (χ0v) is 14.4. The lowest BCUT2D eigenvalue weighted by molar-refractivity contribution is -0.702. The molecule has 2 rings (SSSR count). The molecule has 4 N–H and O–H groups in total. The molecule has 0 bridgehead atoms. The summed E-state index contributed by atoms with van der Waals surface area (Å²) in [5.41, 5.74) is 1.21. The van der Waals surface area contributed by atoms with E-state index >= 15 is 0 Å². The van der Waals surface area contributed by atoms with Crippen molar-refractivity contribution in [3.05, 3.63) is 54.6 Å². The van der Waals surface area contributed by atoms with E-state index < -0.39 is 32.4 Å². The molecule has 1 heterocycles. The van der Waals surface area contributed by atoms with Gasteiger partial charge in [-0.15, -0.1) is 0 Å². The van der Waals surface area contributed by atoms with Crippen LogP contribution in [0.3, 0.4) is 0 Å². The monoisotopic (exact) mass is 376 g/mol. The minimum Gasteiger partial charge on any atom is -0.365 e. The number of halogens is 1. The van der Waals surface area contributed by atoms with Gasteiger partial charge >= 0.3 is 12.7 Å². The fourth-order valence-corrected chi connectivity index (χ4v) is 4.85. The Bertz CT molecular complexity index is 807. The van der Waals surface area contributed by atoms with Crippen LogP contribution in [-0.4, -0.2) is 31.5 Å². The van der Waals surface area contributed by atoms with Crippen LogP contribution in [0.2, 0.25) is 0 Å². The molecule has 2 unspecified atom stereocenters. The highest BCUT2D eigenvalue weighted by Crippen LogP contribution is 2.67. The molecule has 0 saturated heterocycles. The molecule has 0 fully saturated rings. The van der Waals surface area contributed by atoms with Crippen LogP contribution < -0.4 is 4.57 Å². The number of hydrogen-bond donors (Lipinski definition) is 4. The molecule has 1 aromatic carbocycles. The molecule has 0 aliphatic heterocycles. The van der Waals surface area contributed by atoms with Gasteiger partial charge in [-0.3, -0.25) is 9.13 Å². The largest absolute Gasteiger partial charge is 0.373 e. The summed E-state index contributed by atoms with van der Waals surface area (Å²) in [6, 6.07) is 8.75. The van der Waals surface area contributed by atoms with Crippen molar-refractivity contribution in [2.45, 2.75) is 11.6 Å². The Balaban J connectivity index is 2.43. The first-order chi connectivity index (χ1) is 10.9. The Labute approximate surface area is 137 Å². The van der Waals surface area contributed by atoms with E-state index in [0.717, 1.165) is 0 Å². The fraction of sp³-hybridized carbons (Fsp3) is 0.214. The summed E-state index contributed by atoms with van der Waals surface area (Å²) in [6.45, 7) is -0.0902. The number of aliphatic hydroxyl groups is 1. The number of aromatic nitrogens is 1. The number of nitrogens with zero attached hydrogens (tertiary/aromatic N) is 1. The normalized spacial score (nSPS) is 17.1. The predicted octanol–water partition coefficient (Wildman–Crippen LogP) is 1.50. The molecule has 1 aromatic heterocycles. The first-order valence-corrected chi connectivity index (χ1v) is 10.5. The van der Waals surface area contributed by atoms with E-state index in [1.54, 1.807) is 6.07 Å². The lowest BCUT2D eigenvalue weighted by atomic mass is 10.1. The van der Waals surface area contributed by atoms with Crippen LogP contribution in [0.15, 0.2) is 48.8 Å². The van der Waals surface area contributed by atoms with E-state index in [1.165, 1.54) is 47.3 Å². The van der Waals surface area contributed by atoms with Crippen molar-refractivity contribution in [3.8, 4) is 11.1 Å². The minimum absolute atomic E-state index is 0.411. The highest BCUT2D eigenvalue weighted by molar-refractivity contribution is 7.74. The van der Waals surface area contributed by atoms with E-state index in [1.807, 2.05) is 0 Å². The Hall–Kier alpha value is -1.40. The van der Waals surface area contributed by atoms with Gasteiger partial charge in [-0.05, 0) is 23.8 Å². The summed E-state index contributed by atoms with van der Waals surface area (Å²) in [5.74, 6) is -0.411. The summed E-state index contributed by atoms with van der Waals surface area (Å²) < 4.78 is 37.6. The van der Waals surface area contributed by atoms with Gasteiger partial charge < -0.3 is 19.8 Å². The SMILES string of the molecule is CP(=O)(O)C(O)(C[n+]1cccc(-c2ccc(F)cc2)c1)P(=O)(O)O. The van der Waals surface area contributed by atoms with Crippen LogP contribution >= 0.6 is 15.0 Å². The van der Waals surface area contributed by atoms with Crippen LogP contribution in [0.4, 0.5) is 4.39 Å². The molecule has 0 spiro atoms. The lowest BCUT2D eigenvalue weighted by Gasteiger charge is -2.27. The Kier molecular flexibility index (Phi) is 5.11. The van der Waals surface area contributed by atoms with E-state index in [2.05, 4.69) is 0 Å². The smallest absolute Gasteiger partial charge is 0.365 e. The second-order valence-electron chi connectivity index (χ2n) is 5.47. The minimum atomic E-state index is -5.30. The molecule has 0 aliphatic rings. The van der Waals surface area contributed by atoms with Crippen molar-refractivity contribution >= 4 is 15.0 Å². The first kappa shape index (κ1) is 18.9. The molecule has 10 heteroatoms.